The zero-order valence-corrected chi connectivity index (χ0v) is 17.1. The molecule has 29 heavy (non-hydrogen) atoms. The van der Waals surface area contributed by atoms with E-state index in [9.17, 15) is 18.3 Å². The van der Waals surface area contributed by atoms with Gasteiger partial charge in [-0.3, -0.25) is 9.78 Å². The number of pyridine rings is 1. The molecular formula is C20H22ClN3O4S. The first-order valence-corrected chi connectivity index (χ1v) is 10.3. The molecule has 1 heterocycles. The van der Waals surface area contributed by atoms with E-state index in [1.165, 1.54) is 12.1 Å². The average Bonchev–Trinajstić information content (AvgIpc) is 2.70. The van der Waals surface area contributed by atoms with E-state index in [4.69, 9.17) is 0 Å². The van der Waals surface area contributed by atoms with Crippen molar-refractivity contribution in [3.8, 4) is 0 Å². The topological polar surface area (TPSA) is 108 Å². The van der Waals surface area contributed by atoms with Gasteiger partial charge in [-0.15, -0.1) is 12.4 Å². The van der Waals surface area contributed by atoms with Gasteiger partial charge in [0.25, 0.3) is 0 Å². The van der Waals surface area contributed by atoms with Gasteiger partial charge in [0, 0.05) is 24.3 Å². The Bertz CT molecular complexity index is 1060. The first kappa shape index (κ1) is 22.8. The second kappa shape index (κ2) is 10.3. The minimum Gasteiger partial charge on any atom is -0.480 e. The Balaban J connectivity index is 0.00000300. The van der Waals surface area contributed by atoms with Gasteiger partial charge in [-0.1, -0.05) is 36.4 Å². The number of hydrogen-bond donors (Lipinski definition) is 3. The summed E-state index contributed by atoms with van der Waals surface area (Å²) in [4.78, 5) is 15.5. The molecule has 3 rings (SSSR count). The van der Waals surface area contributed by atoms with E-state index in [1.54, 1.807) is 24.5 Å². The third-order valence-electron chi connectivity index (χ3n) is 4.30. The fraction of sp³-hybridized carbons (Fsp3) is 0.200. The predicted molar refractivity (Wildman–Crippen MR) is 114 cm³/mol. The van der Waals surface area contributed by atoms with Crippen LogP contribution in [-0.2, 0) is 21.2 Å². The number of aromatic nitrogens is 1. The maximum atomic E-state index is 12.6. The van der Waals surface area contributed by atoms with Gasteiger partial charge in [0.2, 0.25) is 10.0 Å². The SMILES string of the molecule is Cl.O=C(O)C(CNCCc1ccccc1)NS(=O)(=O)c1ccc2cnccc2c1. The molecule has 0 aliphatic rings. The number of carbonyl (C=O) groups is 1. The zero-order valence-electron chi connectivity index (χ0n) is 15.5. The molecule has 7 nitrogen and oxygen atoms in total. The van der Waals surface area contributed by atoms with E-state index in [0.29, 0.717) is 11.9 Å². The molecule has 1 aromatic heterocycles. The lowest BCUT2D eigenvalue weighted by Gasteiger charge is -2.16. The van der Waals surface area contributed by atoms with Crippen molar-refractivity contribution in [2.45, 2.75) is 17.4 Å². The lowest BCUT2D eigenvalue weighted by molar-refractivity contribution is -0.138. The summed E-state index contributed by atoms with van der Waals surface area (Å²) in [5.74, 6) is -1.24. The van der Waals surface area contributed by atoms with Crippen LogP contribution in [0.15, 0.2) is 71.9 Å². The van der Waals surface area contributed by atoms with Crippen LogP contribution in [0.25, 0.3) is 10.8 Å². The highest BCUT2D eigenvalue weighted by Gasteiger charge is 2.25. The highest BCUT2D eigenvalue weighted by molar-refractivity contribution is 7.89. The van der Waals surface area contributed by atoms with Crippen LogP contribution in [0.3, 0.4) is 0 Å². The van der Waals surface area contributed by atoms with Gasteiger partial charge in [-0.25, -0.2) is 8.42 Å². The van der Waals surface area contributed by atoms with Gasteiger partial charge < -0.3 is 10.4 Å². The van der Waals surface area contributed by atoms with E-state index >= 15 is 0 Å². The molecule has 0 spiro atoms. The number of aliphatic carboxylic acids is 1. The molecule has 0 saturated carbocycles. The van der Waals surface area contributed by atoms with Crippen molar-refractivity contribution < 1.29 is 18.3 Å². The molecule has 0 aliphatic carbocycles. The van der Waals surface area contributed by atoms with Gasteiger partial charge in [0.05, 0.1) is 4.90 Å². The second-order valence-corrected chi connectivity index (χ2v) is 8.05. The summed E-state index contributed by atoms with van der Waals surface area (Å²) in [5, 5.41) is 13.9. The standard InChI is InChI=1S/C20H21N3O4S.ClH/c24-20(25)19(14-22-10-8-15-4-2-1-3-5-15)23-28(26,27)18-7-6-17-13-21-11-9-16(17)12-18;/h1-7,9,11-13,19,22-23H,8,10,14H2,(H,24,25);1H. The van der Waals surface area contributed by atoms with Gasteiger partial charge in [0.1, 0.15) is 6.04 Å². The van der Waals surface area contributed by atoms with Crippen molar-refractivity contribution in [1.82, 2.24) is 15.0 Å². The molecule has 0 radical (unpaired) electrons. The minimum absolute atomic E-state index is 0. The van der Waals surface area contributed by atoms with Crippen molar-refractivity contribution in [3.63, 3.8) is 0 Å². The molecule has 1 unspecified atom stereocenters. The molecule has 9 heteroatoms. The number of sulfonamides is 1. The highest BCUT2D eigenvalue weighted by Crippen LogP contribution is 2.18. The third-order valence-corrected chi connectivity index (χ3v) is 5.77. The number of fused-ring (bicyclic) bond motifs is 1. The Hall–Kier alpha value is -2.52. The number of carboxylic acids is 1. The molecule has 154 valence electrons. The monoisotopic (exact) mass is 435 g/mol. The Kier molecular flexibility index (Phi) is 8.10. The van der Waals surface area contributed by atoms with Crippen LogP contribution < -0.4 is 10.0 Å². The first-order valence-electron chi connectivity index (χ1n) is 8.79. The second-order valence-electron chi connectivity index (χ2n) is 6.34. The zero-order chi connectivity index (χ0) is 20.0. The molecule has 0 amide bonds. The van der Waals surface area contributed by atoms with Crippen molar-refractivity contribution in [2.24, 2.45) is 0 Å². The van der Waals surface area contributed by atoms with E-state index in [1.807, 2.05) is 30.3 Å². The summed E-state index contributed by atoms with van der Waals surface area (Å²) in [6, 6.07) is 14.8. The normalized spacial score (nSPS) is 12.3. The highest BCUT2D eigenvalue weighted by atomic mass is 35.5. The summed E-state index contributed by atoms with van der Waals surface area (Å²) in [6.45, 7) is 0.525. The molecule has 1 atom stereocenters. The Morgan fingerprint density at radius 2 is 1.83 bits per heavy atom. The predicted octanol–water partition coefficient (Wildman–Crippen LogP) is 2.22. The molecular weight excluding hydrogens is 414 g/mol. The number of carboxylic acid groups (broad SMARTS) is 1. The van der Waals surface area contributed by atoms with Crippen molar-refractivity contribution >= 4 is 39.2 Å². The third kappa shape index (κ3) is 6.23. The maximum absolute atomic E-state index is 12.6. The number of rotatable bonds is 9. The Labute approximate surface area is 175 Å². The molecule has 0 saturated heterocycles. The molecule has 0 fully saturated rings. The van der Waals surface area contributed by atoms with E-state index < -0.39 is 22.0 Å². The number of benzene rings is 2. The summed E-state index contributed by atoms with van der Waals surface area (Å²) in [5.41, 5.74) is 1.12. The van der Waals surface area contributed by atoms with Crippen LogP contribution in [0.2, 0.25) is 0 Å². The minimum atomic E-state index is -3.98. The summed E-state index contributed by atoms with van der Waals surface area (Å²) < 4.78 is 27.5. The van der Waals surface area contributed by atoms with Crippen molar-refractivity contribution in [2.75, 3.05) is 13.1 Å². The maximum Gasteiger partial charge on any atom is 0.323 e. The van der Waals surface area contributed by atoms with Crippen LogP contribution in [0.5, 0.6) is 0 Å². The van der Waals surface area contributed by atoms with Crippen LogP contribution in [0, 0.1) is 0 Å². The molecule has 0 aliphatic heterocycles. The van der Waals surface area contributed by atoms with Crippen molar-refractivity contribution in [1.29, 1.82) is 0 Å². The van der Waals surface area contributed by atoms with E-state index in [-0.39, 0.29) is 23.8 Å². The molecule has 0 bridgehead atoms. The van der Waals surface area contributed by atoms with E-state index in [2.05, 4.69) is 15.0 Å². The average molecular weight is 436 g/mol. The number of nitrogens with zero attached hydrogens (tertiary/aromatic N) is 1. The number of hydrogen-bond acceptors (Lipinski definition) is 5. The van der Waals surface area contributed by atoms with Gasteiger partial charge >= 0.3 is 5.97 Å². The fourth-order valence-corrected chi connectivity index (χ4v) is 4.01. The van der Waals surface area contributed by atoms with Gasteiger partial charge in [-0.2, -0.15) is 4.72 Å². The lowest BCUT2D eigenvalue weighted by atomic mass is 10.1. The van der Waals surface area contributed by atoms with Crippen LogP contribution in [-0.4, -0.2) is 43.6 Å². The summed E-state index contributed by atoms with van der Waals surface area (Å²) in [6.07, 6.45) is 3.93. The smallest absolute Gasteiger partial charge is 0.323 e. The Morgan fingerprint density at radius 1 is 1.07 bits per heavy atom. The number of nitrogens with one attached hydrogen (secondary N) is 2. The molecule has 3 aromatic rings. The van der Waals surface area contributed by atoms with Crippen LogP contribution in [0.4, 0.5) is 0 Å². The van der Waals surface area contributed by atoms with Crippen LogP contribution in [0.1, 0.15) is 5.56 Å². The lowest BCUT2D eigenvalue weighted by Crippen LogP contribution is -2.47. The Morgan fingerprint density at radius 3 is 2.55 bits per heavy atom. The van der Waals surface area contributed by atoms with Gasteiger partial charge in [-0.05, 0) is 42.1 Å². The van der Waals surface area contributed by atoms with Crippen molar-refractivity contribution in [3.05, 3.63) is 72.6 Å². The molecule has 3 N–H and O–H groups in total. The summed E-state index contributed by atoms with van der Waals surface area (Å²) >= 11 is 0. The first-order chi connectivity index (χ1) is 13.5. The number of halogens is 1. The molecule has 2 aromatic carbocycles. The largest absolute Gasteiger partial charge is 0.480 e. The van der Waals surface area contributed by atoms with E-state index in [0.717, 1.165) is 17.4 Å². The van der Waals surface area contributed by atoms with Crippen LogP contribution >= 0.6 is 12.4 Å². The van der Waals surface area contributed by atoms with Gasteiger partial charge in [0.15, 0.2) is 0 Å². The summed E-state index contributed by atoms with van der Waals surface area (Å²) in [7, 11) is -3.98. The quantitative estimate of drug-likeness (QED) is 0.445. The fourth-order valence-electron chi connectivity index (χ4n) is 2.79.